The summed E-state index contributed by atoms with van der Waals surface area (Å²) in [6.45, 7) is 14.6. The second kappa shape index (κ2) is 12.4. The van der Waals surface area contributed by atoms with Crippen LogP contribution < -0.4 is 26.5 Å². The zero-order chi connectivity index (χ0) is 28.9. The summed E-state index contributed by atoms with van der Waals surface area (Å²) in [6.07, 6.45) is 0. The fourth-order valence-electron chi connectivity index (χ4n) is 6.04. The highest BCUT2D eigenvalue weighted by atomic mass is 28.4. The first-order valence-corrected chi connectivity index (χ1v) is 18.1. The average Bonchev–Trinajstić information content (AvgIpc) is 2.94. The molecule has 0 atom stereocenters. The molecule has 0 aromatic heterocycles. The summed E-state index contributed by atoms with van der Waals surface area (Å²) < 4.78 is 14.3. The first-order valence-electron chi connectivity index (χ1n) is 14.3. The summed E-state index contributed by atoms with van der Waals surface area (Å²) in [5.74, 6) is 0. The largest absolute Gasteiger partial charge is 0.406 e. The summed E-state index contributed by atoms with van der Waals surface area (Å²) in [7, 11) is -5.35. The third-order valence-electron chi connectivity index (χ3n) is 7.86. The van der Waals surface area contributed by atoms with Crippen LogP contribution in [-0.2, 0) is 8.85 Å². The van der Waals surface area contributed by atoms with Crippen LogP contribution in [-0.4, -0.2) is 35.9 Å². The first-order chi connectivity index (χ1) is 19.0. The van der Waals surface area contributed by atoms with Gasteiger partial charge in [0.1, 0.15) is 0 Å². The van der Waals surface area contributed by atoms with Crippen molar-refractivity contribution in [2.45, 2.75) is 57.7 Å². The fourth-order valence-corrected chi connectivity index (χ4v) is 15.3. The maximum atomic E-state index is 7.14. The highest BCUT2D eigenvalue weighted by Gasteiger charge is 2.52. The Morgan fingerprint density at radius 1 is 0.475 bits per heavy atom. The Morgan fingerprint density at radius 3 is 0.900 bits per heavy atom. The third kappa shape index (κ3) is 5.95. The van der Waals surface area contributed by atoms with E-state index >= 15 is 0 Å². The van der Waals surface area contributed by atoms with E-state index in [2.05, 4.69) is 163 Å². The van der Waals surface area contributed by atoms with Crippen LogP contribution in [0.25, 0.3) is 0 Å². The van der Waals surface area contributed by atoms with E-state index in [1.807, 2.05) is 0 Å². The fraction of sp³-hybridized carbons (Fsp3) is 0.314. The van der Waals surface area contributed by atoms with Crippen LogP contribution >= 0.6 is 0 Å². The van der Waals surface area contributed by atoms with Crippen molar-refractivity contribution >= 4 is 37.4 Å². The second-order valence-corrected chi connectivity index (χ2v) is 21.3. The molecule has 5 heteroatoms. The predicted octanol–water partition coefficient (Wildman–Crippen LogP) is 5.47. The third-order valence-corrected chi connectivity index (χ3v) is 17.9. The molecule has 2 N–H and O–H groups in total. The van der Waals surface area contributed by atoms with Crippen LogP contribution in [0.1, 0.15) is 41.5 Å². The van der Waals surface area contributed by atoms with Gasteiger partial charge in [-0.25, -0.2) is 0 Å². The van der Waals surface area contributed by atoms with E-state index in [-0.39, 0.29) is 16.1 Å². The topological polar surface area (TPSA) is 44.5 Å². The van der Waals surface area contributed by atoms with Crippen LogP contribution in [0.2, 0.25) is 10.1 Å². The van der Waals surface area contributed by atoms with Gasteiger partial charge in [0, 0.05) is 6.04 Å². The standard InChI is InChI=1S/C35H45NO2Si2/c1-34(2,3)39(30-19-11-7-12-20-30,31-21-13-8-14-22-31)37-27-29(36)28-38-40(35(4,5)6,32-23-15-9-16-24-32)33-25-17-10-18-26-33/h7-26,29H,27-28,36H2,1-6H3. The first kappa shape index (κ1) is 30.2. The molecule has 4 aromatic rings. The van der Waals surface area contributed by atoms with Crippen molar-refractivity contribution in [2.24, 2.45) is 5.73 Å². The molecule has 4 rings (SSSR count). The molecule has 0 fully saturated rings. The zero-order valence-corrected chi connectivity index (χ0v) is 26.9. The molecule has 0 heterocycles. The highest BCUT2D eigenvalue weighted by Crippen LogP contribution is 2.38. The van der Waals surface area contributed by atoms with Crippen molar-refractivity contribution in [3.05, 3.63) is 121 Å². The van der Waals surface area contributed by atoms with E-state index in [1.165, 1.54) is 20.7 Å². The normalized spacial score (nSPS) is 13.0. The molecule has 0 aliphatic heterocycles. The van der Waals surface area contributed by atoms with Crippen molar-refractivity contribution in [3.63, 3.8) is 0 Å². The van der Waals surface area contributed by atoms with Crippen molar-refractivity contribution in [3.8, 4) is 0 Å². The Hall–Kier alpha value is -2.81. The van der Waals surface area contributed by atoms with Crippen molar-refractivity contribution in [2.75, 3.05) is 13.2 Å². The number of nitrogens with two attached hydrogens (primary N) is 1. The predicted molar refractivity (Wildman–Crippen MR) is 175 cm³/mol. The van der Waals surface area contributed by atoms with Gasteiger partial charge in [-0.3, -0.25) is 0 Å². The summed E-state index contributed by atoms with van der Waals surface area (Å²) in [6, 6.07) is 42.6. The number of hydrogen-bond donors (Lipinski definition) is 1. The number of benzene rings is 4. The smallest absolute Gasteiger partial charge is 0.261 e. The van der Waals surface area contributed by atoms with Crippen molar-refractivity contribution in [1.82, 2.24) is 0 Å². The Labute approximate surface area is 243 Å². The van der Waals surface area contributed by atoms with Crippen LogP contribution in [0.3, 0.4) is 0 Å². The molecule has 210 valence electrons. The summed E-state index contributed by atoms with van der Waals surface area (Å²) >= 11 is 0. The maximum Gasteiger partial charge on any atom is 0.261 e. The summed E-state index contributed by atoms with van der Waals surface area (Å²) in [5.41, 5.74) is 6.88. The molecule has 0 radical (unpaired) electrons. The van der Waals surface area contributed by atoms with Gasteiger partial charge in [0.05, 0.1) is 13.2 Å². The maximum absolute atomic E-state index is 7.14. The van der Waals surface area contributed by atoms with Gasteiger partial charge in [0.25, 0.3) is 16.6 Å². The highest BCUT2D eigenvalue weighted by molar-refractivity contribution is 7.00. The molecule has 40 heavy (non-hydrogen) atoms. The lowest BCUT2D eigenvalue weighted by atomic mass is 10.2. The van der Waals surface area contributed by atoms with E-state index in [4.69, 9.17) is 14.6 Å². The van der Waals surface area contributed by atoms with E-state index < -0.39 is 16.6 Å². The molecular formula is C35H45NO2Si2. The lowest BCUT2D eigenvalue weighted by Gasteiger charge is -2.45. The molecule has 4 aromatic carbocycles. The minimum Gasteiger partial charge on any atom is -0.406 e. The minimum atomic E-state index is -2.68. The van der Waals surface area contributed by atoms with Gasteiger partial charge in [0.2, 0.25) is 0 Å². The summed E-state index contributed by atoms with van der Waals surface area (Å²) in [4.78, 5) is 0. The Bertz CT molecular complexity index is 1130. The van der Waals surface area contributed by atoms with Crippen molar-refractivity contribution < 1.29 is 8.85 Å². The van der Waals surface area contributed by atoms with Gasteiger partial charge in [0.15, 0.2) is 0 Å². The Balaban J connectivity index is 1.67. The van der Waals surface area contributed by atoms with Gasteiger partial charge < -0.3 is 14.6 Å². The minimum absolute atomic E-state index is 0.103. The molecule has 0 spiro atoms. The molecule has 0 saturated heterocycles. The van der Waals surface area contributed by atoms with Crippen molar-refractivity contribution in [1.29, 1.82) is 0 Å². The van der Waals surface area contributed by atoms with Crippen LogP contribution in [0.15, 0.2) is 121 Å². The van der Waals surface area contributed by atoms with Gasteiger partial charge in [-0.1, -0.05) is 163 Å². The van der Waals surface area contributed by atoms with Crippen LogP contribution in [0, 0.1) is 0 Å². The Kier molecular flexibility index (Phi) is 9.33. The molecule has 0 aliphatic rings. The molecular weight excluding hydrogens is 523 g/mol. The quantitative estimate of drug-likeness (QED) is 0.259. The molecule has 0 saturated carbocycles. The van der Waals surface area contributed by atoms with Gasteiger partial charge in [-0.2, -0.15) is 0 Å². The van der Waals surface area contributed by atoms with Crippen LogP contribution in [0.4, 0.5) is 0 Å². The molecule has 0 amide bonds. The molecule has 0 bridgehead atoms. The SMILES string of the molecule is CC(C)(C)[Si](OCC(N)CO[Si](c1ccccc1)(c1ccccc1)C(C)(C)C)(c1ccccc1)c1ccccc1. The summed E-state index contributed by atoms with van der Waals surface area (Å²) in [5, 5.41) is 4.83. The van der Waals surface area contributed by atoms with E-state index in [9.17, 15) is 0 Å². The lowest BCUT2D eigenvalue weighted by Crippen LogP contribution is -2.68. The van der Waals surface area contributed by atoms with Gasteiger partial charge in [-0.15, -0.1) is 0 Å². The lowest BCUT2D eigenvalue weighted by molar-refractivity contribution is 0.205. The van der Waals surface area contributed by atoms with E-state index in [0.717, 1.165) is 0 Å². The van der Waals surface area contributed by atoms with E-state index in [1.54, 1.807) is 0 Å². The van der Waals surface area contributed by atoms with Crippen LogP contribution in [0.5, 0.6) is 0 Å². The second-order valence-electron chi connectivity index (χ2n) is 12.7. The molecule has 0 unspecified atom stereocenters. The number of rotatable bonds is 10. The Morgan fingerprint density at radius 2 is 0.700 bits per heavy atom. The van der Waals surface area contributed by atoms with Gasteiger partial charge in [-0.05, 0) is 30.8 Å². The average molecular weight is 568 g/mol. The molecule has 3 nitrogen and oxygen atoms in total. The van der Waals surface area contributed by atoms with E-state index in [0.29, 0.717) is 13.2 Å². The van der Waals surface area contributed by atoms with Gasteiger partial charge >= 0.3 is 0 Å². The molecule has 0 aliphatic carbocycles. The monoisotopic (exact) mass is 567 g/mol. The number of hydrogen-bond acceptors (Lipinski definition) is 3. The zero-order valence-electron chi connectivity index (χ0n) is 24.9.